The quantitative estimate of drug-likeness (QED) is 0.898. The summed E-state index contributed by atoms with van der Waals surface area (Å²) in [6.07, 6.45) is 0.0959. The van der Waals surface area contributed by atoms with Crippen molar-refractivity contribution in [3.05, 3.63) is 30.3 Å². The first-order valence-electron chi connectivity index (χ1n) is 5.85. The van der Waals surface area contributed by atoms with Crippen LogP contribution in [0.5, 0.6) is 5.75 Å². The molecule has 0 bridgehead atoms. The lowest BCUT2D eigenvalue weighted by Gasteiger charge is -2.16. The Labute approximate surface area is 110 Å². The first kappa shape index (κ1) is 13.0. The molecule has 0 radical (unpaired) electrons. The van der Waals surface area contributed by atoms with Crippen molar-refractivity contribution in [2.75, 3.05) is 5.75 Å². The Morgan fingerprint density at radius 3 is 2.78 bits per heavy atom. The minimum Gasteiger partial charge on any atom is -0.481 e. The number of para-hydroxylation sites is 1. The Hall–Kier alpha value is -1.49. The van der Waals surface area contributed by atoms with Crippen molar-refractivity contribution in [1.82, 2.24) is 5.32 Å². The molecule has 1 saturated heterocycles. The molecule has 4 nitrogen and oxygen atoms in total. The van der Waals surface area contributed by atoms with Crippen molar-refractivity contribution in [3.8, 4) is 5.75 Å². The largest absolute Gasteiger partial charge is 0.481 e. The number of carbonyl (C=O) groups is 2. The molecule has 0 spiro atoms. The van der Waals surface area contributed by atoms with Gasteiger partial charge in [0.1, 0.15) is 5.75 Å². The number of amides is 1. The summed E-state index contributed by atoms with van der Waals surface area (Å²) in [4.78, 5) is 23.2. The second kappa shape index (κ2) is 5.91. The highest BCUT2D eigenvalue weighted by Gasteiger charge is 2.28. The summed E-state index contributed by atoms with van der Waals surface area (Å²) >= 11 is 1.27. The van der Waals surface area contributed by atoms with Crippen LogP contribution >= 0.6 is 11.8 Å². The second-order valence-corrected chi connectivity index (χ2v) is 5.19. The fraction of sp³-hybridized carbons (Fsp3) is 0.385. The molecule has 1 amide bonds. The third-order valence-electron chi connectivity index (χ3n) is 2.68. The summed E-state index contributed by atoms with van der Waals surface area (Å²) in [5.74, 6) is 1.17. The van der Waals surface area contributed by atoms with Crippen LogP contribution in [0.2, 0.25) is 0 Å². The summed E-state index contributed by atoms with van der Waals surface area (Å²) in [6.45, 7) is 1.68. The number of nitrogens with one attached hydrogen (secondary N) is 1. The first-order chi connectivity index (χ1) is 8.66. The highest BCUT2D eigenvalue weighted by atomic mass is 32.2. The molecule has 1 aliphatic heterocycles. The van der Waals surface area contributed by atoms with Gasteiger partial charge in [0, 0.05) is 5.75 Å². The molecule has 2 rings (SSSR count). The van der Waals surface area contributed by atoms with E-state index in [1.54, 1.807) is 19.1 Å². The average molecular weight is 265 g/mol. The molecular weight excluding hydrogens is 250 g/mol. The normalized spacial score (nSPS) is 20.5. The van der Waals surface area contributed by atoms with Crippen molar-refractivity contribution in [1.29, 1.82) is 0 Å². The van der Waals surface area contributed by atoms with Crippen molar-refractivity contribution >= 4 is 22.8 Å². The van der Waals surface area contributed by atoms with Crippen LogP contribution in [0.25, 0.3) is 0 Å². The highest BCUT2D eigenvalue weighted by Crippen LogP contribution is 2.19. The third kappa shape index (κ3) is 3.26. The van der Waals surface area contributed by atoms with E-state index in [1.165, 1.54) is 11.8 Å². The van der Waals surface area contributed by atoms with Gasteiger partial charge in [0.25, 0.3) is 5.91 Å². The first-order valence-corrected chi connectivity index (χ1v) is 6.84. The van der Waals surface area contributed by atoms with Crippen molar-refractivity contribution in [3.63, 3.8) is 0 Å². The molecule has 2 atom stereocenters. The fourth-order valence-corrected chi connectivity index (χ4v) is 2.61. The summed E-state index contributed by atoms with van der Waals surface area (Å²) < 4.78 is 5.49. The number of ether oxygens (including phenoxy) is 1. The van der Waals surface area contributed by atoms with Gasteiger partial charge in [-0.1, -0.05) is 30.0 Å². The van der Waals surface area contributed by atoms with Gasteiger partial charge >= 0.3 is 0 Å². The van der Waals surface area contributed by atoms with Gasteiger partial charge in [-0.25, -0.2) is 0 Å². The number of benzene rings is 1. The molecule has 1 fully saturated rings. The average Bonchev–Trinajstić information content (AvgIpc) is 2.76. The van der Waals surface area contributed by atoms with E-state index >= 15 is 0 Å². The van der Waals surface area contributed by atoms with E-state index in [0.717, 1.165) is 5.75 Å². The van der Waals surface area contributed by atoms with E-state index in [0.29, 0.717) is 12.2 Å². The van der Waals surface area contributed by atoms with E-state index in [1.807, 2.05) is 18.2 Å². The predicted molar refractivity (Wildman–Crippen MR) is 70.5 cm³/mol. The fourth-order valence-electron chi connectivity index (χ4n) is 1.67. The Morgan fingerprint density at radius 1 is 1.44 bits per heavy atom. The number of rotatable bonds is 4. The molecule has 1 heterocycles. The standard InChI is InChI=1S/C13H15NO3S/c1-9(17-10-5-3-2-4-6-10)12(15)14-11-7-8-18-13(11)16/h2-6,9,11H,7-8H2,1H3,(H,14,15)/t9-,11+/m1/s1. The number of carbonyl (C=O) groups excluding carboxylic acids is 2. The molecule has 1 N–H and O–H groups in total. The third-order valence-corrected chi connectivity index (χ3v) is 3.69. The molecule has 1 aliphatic rings. The van der Waals surface area contributed by atoms with E-state index in [9.17, 15) is 9.59 Å². The van der Waals surface area contributed by atoms with Crippen LogP contribution in [0.4, 0.5) is 0 Å². The Kier molecular flexibility index (Phi) is 4.25. The van der Waals surface area contributed by atoms with Gasteiger partial charge in [0.05, 0.1) is 6.04 Å². The van der Waals surface area contributed by atoms with Crippen LogP contribution in [0.1, 0.15) is 13.3 Å². The molecule has 0 unspecified atom stereocenters. The maximum absolute atomic E-state index is 11.9. The second-order valence-electron chi connectivity index (χ2n) is 4.09. The lowest BCUT2D eigenvalue weighted by Crippen LogP contribution is -2.44. The number of thioether (sulfide) groups is 1. The number of hydrogen-bond donors (Lipinski definition) is 1. The summed E-state index contributed by atoms with van der Waals surface area (Å²) in [6, 6.07) is 8.80. The van der Waals surface area contributed by atoms with Gasteiger partial charge in [0.2, 0.25) is 5.12 Å². The number of hydrogen-bond acceptors (Lipinski definition) is 4. The molecule has 1 aromatic carbocycles. The molecule has 5 heteroatoms. The Morgan fingerprint density at radius 2 is 2.17 bits per heavy atom. The van der Waals surface area contributed by atoms with Crippen molar-refractivity contribution in [2.45, 2.75) is 25.5 Å². The molecule has 96 valence electrons. The van der Waals surface area contributed by atoms with Gasteiger partial charge in [-0.3, -0.25) is 9.59 Å². The zero-order chi connectivity index (χ0) is 13.0. The summed E-state index contributed by atoms with van der Waals surface area (Å²) in [5.41, 5.74) is 0. The predicted octanol–water partition coefficient (Wildman–Crippen LogP) is 1.60. The monoisotopic (exact) mass is 265 g/mol. The molecule has 18 heavy (non-hydrogen) atoms. The van der Waals surface area contributed by atoms with Gasteiger partial charge in [-0.2, -0.15) is 0 Å². The van der Waals surface area contributed by atoms with Gasteiger partial charge in [-0.15, -0.1) is 0 Å². The minimum absolute atomic E-state index is 0.0373. The van der Waals surface area contributed by atoms with Crippen LogP contribution < -0.4 is 10.1 Å². The van der Waals surface area contributed by atoms with Crippen molar-refractivity contribution < 1.29 is 14.3 Å². The maximum Gasteiger partial charge on any atom is 0.261 e. The van der Waals surface area contributed by atoms with Crippen LogP contribution in [0, 0.1) is 0 Å². The van der Waals surface area contributed by atoms with Crippen molar-refractivity contribution in [2.24, 2.45) is 0 Å². The molecule has 0 saturated carbocycles. The van der Waals surface area contributed by atoms with Gasteiger partial charge in [-0.05, 0) is 25.5 Å². The highest BCUT2D eigenvalue weighted by molar-refractivity contribution is 8.14. The van der Waals surface area contributed by atoms with Crippen LogP contribution in [0.3, 0.4) is 0 Å². The van der Waals surface area contributed by atoms with Crippen LogP contribution in [-0.2, 0) is 9.59 Å². The summed E-state index contributed by atoms with van der Waals surface area (Å²) in [5, 5.41) is 2.75. The molecule has 0 aliphatic carbocycles. The van der Waals surface area contributed by atoms with Gasteiger partial charge < -0.3 is 10.1 Å². The lowest BCUT2D eigenvalue weighted by molar-refractivity contribution is -0.129. The zero-order valence-corrected chi connectivity index (χ0v) is 10.9. The topological polar surface area (TPSA) is 55.4 Å². The minimum atomic E-state index is -0.606. The molecule has 1 aromatic rings. The SMILES string of the molecule is C[C@@H](Oc1ccccc1)C(=O)N[C@H]1CCSC1=O. The van der Waals surface area contributed by atoms with E-state index < -0.39 is 6.10 Å². The Balaban J connectivity index is 1.87. The lowest BCUT2D eigenvalue weighted by atomic mass is 10.2. The molecular formula is C13H15NO3S. The smallest absolute Gasteiger partial charge is 0.261 e. The van der Waals surface area contributed by atoms with Gasteiger partial charge in [0.15, 0.2) is 6.10 Å². The Bertz CT molecular complexity index is 435. The van der Waals surface area contributed by atoms with E-state index in [4.69, 9.17) is 4.74 Å². The zero-order valence-electron chi connectivity index (χ0n) is 10.1. The van der Waals surface area contributed by atoms with E-state index in [2.05, 4.69) is 5.32 Å². The summed E-state index contributed by atoms with van der Waals surface area (Å²) in [7, 11) is 0. The van der Waals surface area contributed by atoms with Crippen LogP contribution in [0.15, 0.2) is 30.3 Å². The van der Waals surface area contributed by atoms with Crippen LogP contribution in [-0.4, -0.2) is 28.9 Å². The maximum atomic E-state index is 11.9. The van der Waals surface area contributed by atoms with E-state index in [-0.39, 0.29) is 17.1 Å². The molecule has 0 aromatic heterocycles.